The van der Waals surface area contributed by atoms with Crippen LogP contribution in [0.15, 0.2) is 0 Å². The molecule has 0 saturated carbocycles. The molecule has 4 nitrogen and oxygen atoms in total. The van der Waals surface area contributed by atoms with Crippen molar-refractivity contribution in [3.8, 4) is 0 Å². The van der Waals surface area contributed by atoms with Gasteiger partial charge in [0.15, 0.2) is 0 Å². The molecule has 0 aromatic carbocycles. The maximum atomic E-state index is 11.7. The molecule has 1 fully saturated rings. The number of carboxylic acids is 1. The Morgan fingerprint density at radius 1 is 1.45 bits per heavy atom. The van der Waals surface area contributed by atoms with Crippen LogP contribution >= 0.6 is 0 Å². The molecule has 0 radical (unpaired) electrons. The minimum Gasteiger partial charge on any atom is -0.480 e. The zero-order valence-corrected chi connectivity index (χ0v) is 13.8. The Bertz CT molecular complexity index is 320. The topological polar surface area (TPSA) is 52.6 Å². The van der Waals surface area contributed by atoms with Gasteiger partial charge in [-0.2, -0.15) is 0 Å². The molecular weight excluding hydrogens is 252 g/mol. The Kier molecular flexibility index (Phi) is 6.46. The first-order valence-electron chi connectivity index (χ1n) is 8.06. The van der Waals surface area contributed by atoms with Gasteiger partial charge in [0.25, 0.3) is 0 Å². The Morgan fingerprint density at radius 3 is 2.50 bits per heavy atom. The summed E-state index contributed by atoms with van der Waals surface area (Å²) in [6.45, 7) is 12.7. The summed E-state index contributed by atoms with van der Waals surface area (Å²) in [6.07, 6.45) is 3.54. The van der Waals surface area contributed by atoms with Gasteiger partial charge in [-0.15, -0.1) is 0 Å². The Morgan fingerprint density at radius 2 is 2.10 bits per heavy atom. The first kappa shape index (κ1) is 17.4. The second kappa shape index (κ2) is 7.41. The minimum atomic E-state index is -0.761. The van der Waals surface area contributed by atoms with Gasteiger partial charge in [0, 0.05) is 18.6 Å². The normalized spacial score (nSPS) is 26.9. The second-order valence-corrected chi connectivity index (χ2v) is 6.83. The van der Waals surface area contributed by atoms with Crippen LogP contribution in [-0.2, 0) is 4.79 Å². The highest BCUT2D eigenvalue weighted by molar-refractivity contribution is 5.78. The summed E-state index contributed by atoms with van der Waals surface area (Å²) >= 11 is 0. The molecular formula is C16H32N2O2. The molecule has 0 spiro atoms. The number of hydrogen-bond acceptors (Lipinski definition) is 3. The highest BCUT2D eigenvalue weighted by atomic mass is 16.4. The molecule has 20 heavy (non-hydrogen) atoms. The third kappa shape index (κ3) is 4.45. The summed E-state index contributed by atoms with van der Waals surface area (Å²) in [4.78, 5) is 14.2. The predicted molar refractivity (Wildman–Crippen MR) is 83.0 cm³/mol. The minimum absolute atomic E-state index is 0.191. The third-order valence-electron chi connectivity index (χ3n) is 4.54. The number of likely N-dealkylation sites (tertiary alicyclic amines) is 1. The molecule has 1 rings (SSSR count). The lowest BCUT2D eigenvalue weighted by atomic mass is 9.89. The molecule has 0 aromatic rings. The lowest BCUT2D eigenvalue weighted by Gasteiger charge is -2.32. The van der Waals surface area contributed by atoms with Gasteiger partial charge in [-0.1, -0.05) is 13.8 Å². The van der Waals surface area contributed by atoms with E-state index in [0.29, 0.717) is 18.9 Å². The number of hydrogen-bond donors (Lipinski definition) is 2. The van der Waals surface area contributed by atoms with Crippen LogP contribution in [-0.4, -0.2) is 46.7 Å². The van der Waals surface area contributed by atoms with Crippen LogP contribution in [0.5, 0.6) is 0 Å². The second-order valence-electron chi connectivity index (χ2n) is 6.83. The fraction of sp³-hybridized carbons (Fsp3) is 0.938. The van der Waals surface area contributed by atoms with Gasteiger partial charge in [-0.25, -0.2) is 0 Å². The molecule has 1 saturated heterocycles. The molecule has 3 unspecified atom stereocenters. The van der Waals surface area contributed by atoms with Crippen molar-refractivity contribution in [2.45, 2.75) is 77.9 Å². The van der Waals surface area contributed by atoms with Crippen molar-refractivity contribution in [1.29, 1.82) is 0 Å². The summed E-state index contributed by atoms with van der Waals surface area (Å²) in [7, 11) is 0. The molecule has 118 valence electrons. The number of carbonyl (C=O) groups is 1. The number of carboxylic acid groups (broad SMARTS) is 1. The molecule has 0 aromatic heterocycles. The van der Waals surface area contributed by atoms with Gasteiger partial charge in [-0.3, -0.25) is 10.1 Å². The van der Waals surface area contributed by atoms with Gasteiger partial charge < -0.3 is 10.0 Å². The fourth-order valence-corrected chi connectivity index (χ4v) is 3.51. The SMILES string of the molecule is CCC(CCCN1CC(C)CC1C)(NC(C)C)C(=O)O. The molecule has 3 atom stereocenters. The van der Waals surface area contributed by atoms with Crippen LogP contribution in [0.2, 0.25) is 0 Å². The molecule has 1 aliphatic rings. The molecule has 2 N–H and O–H groups in total. The van der Waals surface area contributed by atoms with Gasteiger partial charge in [0.2, 0.25) is 0 Å². The van der Waals surface area contributed by atoms with Crippen LogP contribution in [0.4, 0.5) is 0 Å². The van der Waals surface area contributed by atoms with Crippen molar-refractivity contribution >= 4 is 5.97 Å². The van der Waals surface area contributed by atoms with Gasteiger partial charge in [0.1, 0.15) is 5.54 Å². The summed E-state index contributed by atoms with van der Waals surface area (Å²) < 4.78 is 0. The van der Waals surface area contributed by atoms with Crippen LogP contribution < -0.4 is 5.32 Å². The summed E-state index contributed by atoms with van der Waals surface area (Å²) in [5.41, 5.74) is -0.761. The van der Waals surface area contributed by atoms with E-state index in [1.807, 2.05) is 20.8 Å². The number of aliphatic carboxylic acids is 1. The summed E-state index contributed by atoms with van der Waals surface area (Å²) in [5.74, 6) is 0.0609. The molecule has 4 heteroatoms. The maximum Gasteiger partial charge on any atom is 0.323 e. The first-order chi connectivity index (χ1) is 9.30. The zero-order valence-electron chi connectivity index (χ0n) is 13.8. The van der Waals surface area contributed by atoms with E-state index in [0.717, 1.165) is 25.4 Å². The van der Waals surface area contributed by atoms with Gasteiger partial charge in [0.05, 0.1) is 0 Å². The van der Waals surface area contributed by atoms with Gasteiger partial charge >= 0.3 is 5.97 Å². The number of rotatable bonds is 8. The smallest absolute Gasteiger partial charge is 0.323 e. The highest BCUT2D eigenvalue weighted by Gasteiger charge is 2.37. The number of nitrogens with one attached hydrogen (secondary N) is 1. The molecule has 0 amide bonds. The maximum absolute atomic E-state index is 11.7. The molecule has 0 bridgehead atoms. The Hall–Kier alpha value is -0.610. The van der Waals surface area contributed by atoms with Crippen molar-refractivity contribution in [2.24, 2.45) is 5.92 Å². The monoisotopic (exact) mass is 284 g/mol. The van der Waals surface area contributed by atoms with E-state index in [-0.39, 0.29) is 6.04 Å². The van der Waals surface area contributed by atoms with Crippen molar-refractivity contribution in [3.05, 3.63) is 0 Å². The number of nitrogens with zero attached hydrogens (tertiary/aromatic N) is 1. The Balaban J connectivity index is 2.52. The largest absolute Gasteiger partial charge is 0.480 e. The summed E-state index contributed by atoms with van der Waals surface area (Å²) in [6, 6.07) is 0.834. The van der Waals surface area contributed by atoms with E-state index >= 15 is 0 Å². The van der Waals surface area contributed by atoms with E-state index in [1.165, 1.54) is 6.42 Å². The quantitative estimate of drug-likeness (QED) is 0.719. The molecule has 1 aliphatic heterocycles. The lowest BCUT2D eigenvalue weighted by molar-refractivity contribution is -0.145. The van der Waals surface area contributed by atoms with Crippen LogP contribution in [0.3, 0.4) is 0 Å². The van der Waals surface area contributed by atoms with E-state index in [9.17, 15) is 9.90 Å². The van der Waals surface area contributed by atoms with E-state index in [2.05, 4.69) is 24.1 Å². The van der Waals surface area contributed by atoms with Gasteiger partial charge in [-0.05, 0) is 58.9 Å². The van der Waals surface area contributed by atoms with Crippen molar-refractivity contribution in [2.75, 3.05) is 13.1 Å². The van der Waals surface area contributed by atoms with Crippen LogP contribution in [0.25, 0.3) is 0 Å². The molecule has 0 aliphatic carbocycles. The highest BCUT2D eigenvalue weighted by Crippen LogP contribution is 2.24. The van der Waals surface area contributed by atoms with Crippen LogP contribution in [0.1, 0.15) is 60.3 Å². The van der Waals surface area contributed by atoms with Crippen molar-refractivity contribution in [3.63, 3.8) is 0 Å². The Labute approximate surface area is 123 Å². The molecule has 1 heterocycles. The average molecular weight is 284 g/mol. The predicted octanol–water partition coefficient (Wildman–Crippen LogP) is 2.73. The van der Waals surface area contributed by atoms with E-state index in [4.69, 9.17) is 0 Å². The lowest BCUT2D eigenvalue weighted by Crippen LogP contribution is -2.54. The third-order valence-corrected chi connectivity index (χ3v) is 4.54. The van der Waals surface area contributed by atoms with E-state index in [1.54, 1.807) is 0 Å². The van der Waals surface area contributed by atoms with Crippen molar-refractivity contribution < 1.29 is 9.90 Å². The van der Waals surface area contributed by atoms with Crippen LogP contribution in [0, 0.1) is 5.92 Å². The first-order valence-corrected chi connectivity index (χ1v) is 8.06. The van der Waals surface area contributed by atoms with E-state index < -0.39 is 11.5 Å². The standard InChI is InChI=1S/C16H32N2O2/c1-6-16(15(19)20,17-12(2)3)8-7-9-18-11-13(4)10-14(18)5/h12-14,17H,6-11H2,1-5H3,(H,19,20). The van der Waals surface area contributed by atoms with Crippen molar-refractivity contribution in [1.82, 2.24) is 10.2 Å². The summed E-state index contributed by atoms with van der Waals surface area (Å²) in [5, 5.41) is 12.9. The average Bonchev–Trinajstić information content (AvgIpc) is 2.65. The fourth-order valence-electron chi connectivity index (χ4n) is 3.51. The zero-order chi connectivity index (χ0) is 15.3.